The maximum Gasteiger partial charge on any atom is 0.243 e. The quantitative estimate of drug-likeness (QED) is 0.625. The number of rotatable bonds is 7. The van der Waals surface area contributed by atoms with Crippen LogP contribution in [0.15, 0.2) is 60.0 Å². The topological polar surface area (TPSA) is 90.2 Å². The van der Waals surface area contributed by atoms with Gasteiger partial charge in [0, 0.05) is 33.0 Å². The molecular weight excluding hydrogens is 354 g/mol. The molecule has 0 fully saturated rings. The summed E-state index contributed by atoms with van der Waals surface area (Å²) in [4.78, 5) is 8.28. The van der Waals surface area contributed by atoms with Gasteiger partial charge >= 0.3 is 0 Å². The average Bonchev–Trinajstić information content (AvgIpc) is 3.06. The molecule has 0 aliphatic rings. The lowest BCUT2D eigenvalue weighted by molar-refractivity contribution is 0.289. The number of hydrogen-bond acceptors (Lipinski definition) is 6. The van der Waals surface area contributed by atoms with Crippen molar-refractivity contribution in [2.75, 3.05) is 7.05 Å². The van der Waals surface area contributed by atoms with Crippen LogP contribution in [0.25, 0.3) is 0 Å². The van der Waals surface area contributed by atoms with Crippen LogP contribution in [0.3, 0.4) is 0 Å². The van der Waals surface area contributed by atoms with Crippen molar-refractivity contribution in [2.24, 2.45) is 7.05 Å². The minimum absolute atomic E-state index is 0.204. The Kier molecular flexibility index (Phi) is 5.29. The number of sulfonamides is 1. The van der Waals surface area contributed by atoms with Crippen molar-refractivity contribution >= 4 is 10.0 Å². The van der Waals surface area contributed by atoms with E-state index in [0.29, 0.717) is 11.6 Å². The second-order valence-electron chi connectivity index (χ2n) is 5.68. The summed E-state index contributed by atoms with van der Waals surface area (Å²) in [7, 11) is -0.276. The molecule has 0 unspecified atom stereocenters. The maximum atomic E-state index is 12.7. The van der Waals surface area contributed by atoms with Crippen LogP contribution >= 0.6 is 0 Å². The number of benzene rings is 1. The van der Waals surface area contributed by atoms with Crippen molar-refractivity contribution < 1.29 is 13.2 Å². The maximum absolute atomic E-state index is 12.7. The molecule has 26 heavy (non-hydrogen) atoms. The Morgan fingerprint density at radius 2 is 1.96 bits per heavy atom. The summed E-state index contributed by atoms with van der Waals surface area (Å²) in [6.07, 6.45) is 4.75. The van der Waals surface area contributed by atoms with Crippen molar-refractivity contribution in [1.82, 2.24) is 24.1 Å². The molecule has 136 valence electrons. The highest BCUT2D eigenvalue weighted by Crippen LogP contribution is 2.20. The van der Waals surface area contributed by atoms with Gasteiger partial charge in [-0.1, -0.05) is 6.07 Å². The van der Waals surface area contributed by atoms with Gasteiger partial charge in [0.05, 0.1) is 4.90 Å². The summed E-state index contributed by atoms with van der Waals surface area (Å²) in [5.41, 5.74) is 0.821. The molecule has 0 saturated carbocycles. The van der Waals surface area contributed by atoms with E-state index < -0.39 is 10.0 Å². The summed E-state index contributed by atoms with van der Waals surface area (Å²) >= 11 is 0. The number of aryl methyl sites for hydroxylation is 1. The van der Waals surface area contributed by atoms with E-state index in [1.807, 2.05) is 6.07 Å². The van der Waals surface area contributed by atoms with E-state index in [1.54, 1.807) is 49.4 Å². The minimum Gasteiger partial charge on any atom is -0.486 e. The normalized spacial score (nSPS) is 11.7. The van der Waals surface area contributed by atoms with Gasteiger partial charge in [0.2, 0.25) is 10.0 Å². The first-order valence-electron chi connectivity index (χ1n) is 7.88. The first-order valence-corrected chi connectivity index (χ1v) is 9.32. The molecule has 9 heteroatoms. The number of pyridine rings is 1. The molecule has 0 atom stereocenters. The standard InChI is InChI=1S/C17H19N5O3S/c1-21(11-14-4-3-9-18-10-14)26(23,24)16-7-5-15(6-8-16)25-12-17-19-13-20-22(17)2/h3-10,13H,11-12H2,1-2H3. The number of ether oxygens (including phenoxy) is 1. The van der Waals surface area contributed by atoms with Crippen LogP contribution in [0, 0.1) is 0 Å². The fourth-order valence-corrected chi connectivity index (χ4v) is 3.48. The van der Waals surface area contributed by atoms with E-state index in [0.717, 1.165) is 5.56 Å². The van der Waals surface area contributed by atoms with Gasteiger partial charge in [-0.25, -0.2) is 13.4 Å². The van der Waals surface area contributed by atoms with Crippen LogP contribution in [0.2, 0.25) is 0 Å². The average molecular weight is 373 g/mol. The summed E-state index contributed by atoms with van der Waals surface area (Å²) in [5, 5.41) is 3.97. The Morgan fingerprint density at radius 3 is 2.58 bits per heavy atom. The molecule has 0 N–H and O–H groups in total. The Morgan fingerprint density at radius 1 is 1.19 bits per heavy atom. The van der Waals surface area contributed by atoms with Crippen molar-refractivity contribution in [3.8, 4) is 5.75 Å². The first-order chi connectivity index (χ1) is 12.5. The molecule has 0 aliphatic heterocycles. The van der Waals surface area contributed by atoms with E-state index in [9.17, 15) is 8.42 Å². The lowest BCUT2D eigenvalue weighted by Gasteiger charge is -2.17. The third kappa shape index (κ3) is 4.06. The van der Waals surface area contributed by atoms with Crippen LogP contribution < -0.4 is 4.74 Å². The molecule has 2 aromatic heterocycles. The SMILES string of the molecule is CN(Cc1cccnc1)S(=O)(=O)c1ccc(OCc2ncnn2C)cc1. The second kappa shape index (κ2) is 7.63. The zero-order chi connectivity index (χ0) is 18.6. The van der Waals surface area contributed by atoms with Gasteiger partial charge in [-0.2, -0.15) is 9.40 Å². The molecule has 3 rings (SSSR count). The molecule has 0 amide bonds. The summed E-state index contributed by atoms with van der Waals surface area (Å²) in [5.74, 6) is 1.24. The van der Waals surface area contributed by atoms with Crippen molar-refractivity contribution in [2.45, 2.75) is 18.0 Å². The molecule has 0 saturated heterocycles. The van der Waals surface area contributed by atoms with Crippen molar-refractivity contribution in [3.05, 3.63) is 66.5 Å². The minimum atomic E-state index is -3.60. The highest BCUT2D eigenvalue weighted by atomic mass is 32.2. The van der Waals surface area contributed by atoms with Gasteiger partial charge in [-0.05, 0) is 35.9 Å². The number of hydrogen-bond donors (Lipinski definition) is 0. The van der Waals surface area contributed by atoms with Gasteiger partial charge in [-0.3, -0.25) is 9.67 Å². The van der Waals surface area contributed by atoms with Gasteiger partial charge in [0.15, 0.2) is 5.82 Å². The Labute approximate surface area is 152 Å². The number of nitrogens with zero attached hydrogens (tertiary/aromatic N) is 5. The predicted molar refractivity (Wildman–Crippen MR) is 94.7 cm³/mol. The zero-order valence-electron chi connectivity index (χ0n) is 14.5. The molecule has 2 heterocycles. The Bertz CT molecular complexity index is 956. The first kappa shape index (κ1) is 18.0. The van der Waals surface area contributed by atoms with Crippen LogP contribution in [0.4, 0.5) is 0 Å². The molecule has 0 spiro atoms. The van der Waals surface area contributed by atoms with E-state index in [2.05, 4.69) is 15.1 Å². The van der Waals surface area contributed by atoms with Gasteiger partial charge in [0.25, 0.3) is 0 Å². The van der Waals surface area contributed by atoms with Crippen LogP contribution in [-0.4, -0.2) is 39.5 Å². The van der Waals surface area contributed by atoms with E-state index in [-0.39, 0.29) is 18.0 Å². The third-order valence-electron chi connectivity index (χ3n) is 3.83. The van der Waals surface area contributed by atoms with E-state index in [4.69, 9.17) is 4.74 Å². The Balaban J connectivity index is 1.67. The van der Waals surface area contributed by atoms with Gasteiger partial charge in [0.1, 0.15) is 18.7 Å². The molecular formula is C17H19N5O3S. The van der Waals surface area contributed by atoms with Crippen LogP contribution in [-0.2, 0) is 30.2 Å². The molecule has 3 aromatic rings. The van der Waals surface area contributed by atoms with E-state index in [1.165, 1.54) is 22.8 Å². The Hall–Kier alpha value is -2.78. The fourth-order valence-electron chi connectivity index (χ4n) is 2.32. The highest BCUT2D eigenvalue weighted by molar-refractivity contribution is 7.89. The second-order valence-corrected chi connectivity index (χ2v) is 7.73. The molecule has 0 aliphatic carbocycles. The lowest BCUT2D eigenvalue weighted by atomic mass is 10.3. The van der Waals surface area contributed by atoms with E-state index >= 15 is 0 Å². The van der Waals surface area contributed by atoms with Crippen LogP contribution in [0.1, 0.15) is 11.4 Å². The summed E-state index contributed by atoms with van der Waals surface area (Å²) in [6, 6.07) is 9.92. The smallest absolute Gasteiger partial charge is 0.243 e. The van der Waals surface area contributed by atoms with Gasteiger partial charge < -0.3 is 4.74 Å². The number of aromatic nitrogens is 4. The fraction of sp³-hybridized carbons (Fsp3) is 0.235. The summed E-state index contributed by atoms with van der Waals surface area (Å²) < 4.78 is 33.9. The van der Waals surface area contributed by atoms with Crippen molar-refractivity contribution in [1.29, 1.82) is 0 Å². The summed E-state index contributed by atoms with van der Waals surface area (Å²) in [6.45, 7) is 0.504. The molecule has 0 bridgehead atoms. The highest BCUT2D eigenvalue weighted by Gasteiger charge is 2.21. The van der Waals surface area contributed by atoms with Crippen molar-refractivity contribution in [3.63, 3.8) is 0 Å². The van der Waals surface area contributed by atoms with Gasteiger partial charge in [-0.15, -0.1) is 0 Å². The zero-order valence-corrected chi connectivity index (χ0v) is 15.3. The molecule has 1 aromatic carbocycles. The largest absolute Gasteiger partial charge is 0.486 e. The van der Waals surface area contributed by atoms with Crippen LogP contribution in [0.5, 0.6) is 5.75 Å². The lowest BCUT2D eigenvalue weighted by Crippen LogP contribution is -2.26. The monoisotopic (exact) mass is 373 g/mol. The third-order valence-corrected chi connectivity index (χ3v) is 5.65. The predicted octanol–water partition coefficient (Wildman–Crippen LogP) is 1.61. The molecule has 8 nitrogen and oxygen atoms in total. The molecule has 0 radical (unpaired) electrons.